The first-order chi connectivity index (χ1) is 5.47. The van der Waals surface area contributed by atoms with Crippen LogP contribution in [0.1, 0.15) is 12.8 Å². The van der Waals surface area contributed by atoms with Gasteiger partial charge in [-0.05, 0) is 32.4 Å². The molecule has 5 heteroatoms. The molecule has 0 bridgehead atoms. The predicted octanol–water partition coefficient (Wildman–Crippen LogP) is 0.897. The highest BCUT2D eigenvalue weighted by Gasteiger charge is 2.20. The minimum Gasteiger partial charge on any atom is -0.306 e. The van der Waals surface area contributed by atoms with E-state index in [-0.39, 0.29) is 5.75 Å². The monoisotopic (exact) mass is 211 g/mol. The summed E-state index contributed by atoms with van der Waals surface area (Å²) in [5.41, 5.74) is 0. The first-order valence-electron chi connectivity index (χ1n) is 4.08. The molecule has 0 spiro atoms. The molecule has 12 heavy (non-hydrogen) atoms. The highest BCUT2D eigenvalue weighted by Crippen LogP contribution is 2.19. The lowest BCUT2D eigenvalue weighted by Crippen LogP contribution is -2.15. The van der Waals surface area contributed by atoms with Crippen molar-refractivity contribution in [2.24, 2.45) is 5.92 Å². The number of rotatable bonds is 3. The number of likely N-dealkylation sites (tertiary alicyclic amines) is 1. The number of nitrogens with zero attached hydrogens (tertiary/aromatic N) is 1. The average Bonchev–Trinajstić information content (AvgIpc) is 2.30. The van der Waals surface area contributed by atoms with Gasteiger partial charge < -0.3 is 4.90 Å². The minimum atomic E-state index is -3.28. The van der Waals surface area contributed by atoms with Gasteiger partial charge in [-0.1, -0.05) is 0 Å². The Morgan fingerprint density at radius 1 is 1.58 bits per heavy atom. The van der Waals surface area contributed by atoms with Gasteiger partial charge in [0.05, 0.1) is 5.75 Å². The lowest BCUT2D eigenvalue weighted by Gasteiger charge is -2.08. The van der Waals surface area contributed by atoms with Crippen molar-refractivity contribution < 1.29 is 8.42 Å². The fourth-order valence-corrected chi connectivity index (χ4v) is 2.45. The van der Waals surface area contributed by atoms with Crippen LogP contribution in [0.3, 0.4) is 0 Å². The standard InChI is InChI=1S/C7H14ClNO2S/c1-9-4-2-7(6-9)3-5-12(8,10)11/h7H,2-6H2,1H3. The summed E-state index contributed by atoms with van der Waals surface area (Å²) in [5.74, 6) is 0.635. The van der Waals surface area contributed by atoms with Gasteiger partial charge in [0, 0.05) is 17.2 Å². The predicted molar refractivity (Wildman–Crippen MR) is 49.9 cm³/mol. The van der Waals surface area contributed by atoms with Crippen LogP contribution in [0.15, 0.2) is 0 Å². The van der Waals surface area contributed by atoms with Gasteiger partial charge in [0.1, 0.15) is 0 Å². The molecule has 72 valence electrons. The molecule has 0 aromatic rings. The molecule has 0 aliphatic carbocycles. The fourth-order valence-electron chi connectivity index (χ4n) is 1.57. The summed E-state index contributed by atoms with van der Waals surface area (Å²) in [6.45, 7) is 2.08. The Labute approximate surface area is 78.1 Å². The van der Waals surface area contributed by atoms with Gasteiger partial charge in [-0.15, -0.1) is 0 Å². The molecule has 0 aromatic carbocycles. The average molecular weight is 212 g/mol. The second-order valence-electron chi connectivity index (χ2n) is 3.45. The van der Waals surface area contributed by atoms with Gasteiger partial charge in [-0.2, -0.15) is 0 Å². The van der Waals surface area contributed by atoms with Crippen LogP contribution in [-0.2, 0) is 9.05 Å². The zero-order chi connectivity index (χ0) is 9.19. The Balaban J connectivity index is 2.25. The molecular weight excluding hydrogens is 198 g/mol. The van der Waals surface area contributed by atoms with Crippen LogP contribution in [0, 0.1) is 5.92 Å². The second-order valence-corrected chi connectivity index (χ2v) is 6.35. The Morgan fingerprint density at radius 3 is 2.67 bits per heavy atom. The third-order valence-electron chi connectivity index (χ3n) is 2.26. The van der Waals surface area contributed by atoms with E-state index in [4.69, 9.17) is 10.7 Å². The summed E-state index contributed by atoms with van der Waals surface area (Å²) < 4.78 is 21.2. The molecule has 1 aliphatic heterocycles. The maximum absolute atomic E-state index is 10.6. The molecule has 1 heterocycles. The SMILES string of the molecule is CN1CCC(CCS(=O)(=O)Cl)C1. The van der Waals surface area contributed by atoms with Gasteiger partial charge in [0.15, 0.2) is 0 Å². The van der Waals surface area contributed by atoms with E-state index in [1.165, 1.54) is 0 Å². The van der Waals surface area contributed by atoms with Crippen LogP contribution in [0.2, 0.25) is 0 Å². The van der Waals surface area contributed by atoms with E-state index < -0.39 is 9.05 Å². The Kier molecular flexibility index (Phi) is 3.37. The molecule has 0 aromatic heterocycles. The molecule has 0 amide bonds. The van der Waals surface area contributed by atoms with Crippen LogP contribution in [0.4, 0.5) is 0 Å². The summed E-state index contributed by atoms with van der Waals surface area (Å²) in [6, 6.07) is 0. The normalized spacial score (nSPS) is 26.3. The molecule has 0 radical (unpaired) electrons. The zero-order valence-electron chi connectivity index (χ0n) is 7.16. The smallest absolute Gasteiger partial charge is 0.232 e. The van der Waals surface area contributed by atoms with Crippen LogP contribution >= 0.6 is 10.7 Å². The van der Waals surface area contributed by atoms with Crippen molar-refractivity contribution in [1.82, 2.24) is 4.90 Å². The van der Waals surface area contributed by atoms with E-state index in [2.05, 4.69) is 11.9 Å². The van der Waals surface area contributed by atoms with Crippen molar-refractivity contribution in [3.63, 3.8) is 0 Å². The van der Waals surface area contributed by atoms with Gasteiger partial charge in [0.2, 0.25) is 9.05 Å². The first kappa shape index (κ1) is 10.3. The van der Waals surface area contributed by atoms with Crippen LogP contribution in [0.5, 0.6) is 0 Å². The van der Waals surface area contributed by atoms with Crippen LogP contribution in [0.25, 0.3) is 0 Å². The highest BCUT2D eigenvalue weighted by atomic mass is 35.7. The van der Waals surface area contributed by atoms with E-state index in [1.54, 1.807) is 0 Å². The van der Waals surface area contributed by atoms with Crippen molar-refractivity contribution >= 4 is 19.7 Å². The molecule has 1 unspecified atom stereocenters. The number of hydrogen-bond donors (Lipinski definition) is 0. The highest BCUT2D eigenvalue weighted by molar-refractivity contribution is 8.13. The van der Waals surface area contributed by atoms with E-state index in [0.29, 0.717) is 12.3 Å². The number of hydrogen-bond acceptors (Lipinski definition) is 3. The molecule has 1 atom stereocenters. The summed E-state index contributed by atoms with van der Waals surface area (Å²) in [6.07, 6.45) is 1.80. The van der Waals surface area contributed by atoms with Gasteiger partial charge in [0.25, 0.3) is 0 Å². The summed E-state index contributed by atoms with van der Waals surface area (Å²) in [5, 5.41) is 0. The van der Waals surface area contributed by atoms with Crippen LogP contribution in [-0.4, -0.2) is 39.2 Å². The molecule has 1 saturated heterocycles. The Hall–Kier alpha value is 0.200. The minimum absolute atomic E-state index is 0.118. The fraction of sp³-hybridized carbons (Fsp3) is 1.00. The van der Waals surface area contributed by atoms with Gasteiger partial charge >= 0.3 is 0 Å². The lowest BCUT2D eigenvalue weighted by molar-refractivity contribution is 0.392. The van der Waals surface area contributed by atoms with Crippen molar-refractivity contribution in [2.45, 2.75) is 12.8 Å². The molecular formula is C7H14ClNO2S. The van der Waals surface area contributed by atoms with Crippen molar-refractivity contribution in [1.29, 1.82) is 0 Å². The lowest BCUT2D eigenvalue weighted by atomic mass is 10.1. The third-order valence-corrected chi connectivity index (χ3v) is 3.45. The van der Waals surface area contributed by atoms with E-state index in [0.717, 1.165) is 19.5 Å². The zero-order valence-corrected chi connectivity index (χ0v) is 8.74. The summed E-state index contributed by atoms with van der Waals surface area (Å²) in [7, 11) is 3.88. The molecule has 0 N–H and O–H groups in total. The molecule has 3 nitrogen and oxygen atoms in total. The third kappa shape index (κ3) is 3.74. The van der Waals surface area contributed by atoms with Crippen molar-refractivity contribution in [3.05, 3.63) is 0 Å². The summed E-state index contributed by atoms with van der Waals surface area (Å²) >= 11 is 0. The van der Waals surface area contributed by atoms with Crippen LogP contribution < -0.4 is 0 Å². The Bertz CT molecular complexity index is 240. The van der Waals surface area contributed by atoms with Crippen molar-refractivity contribution in [2.75, 3.05) is 25.9 Å². The summed E-state index contributed by atoms with van der Waals surface area (Å²) in [4.78, 5) is 2.21. The Morgan fingerprint density at radius 2 is 2.25 bits per heavy atom. The van der Waals surface area contributed by atoms with Gasteiger partial charge in [-0.25, -0.2) is 8.42 Å². The second kappa shape index (κ2) is 3.94. The molecule has 1 fully saturated rings. The maximum Gasteiger partial charge on any atom is 0.232 e. The topological polar surface area (TPSA) is 37.4 Å². The van der Waals surface area contributed by atoms with E-state index in [1.807, 2.05) is 0 Å². The quantitative estimate of drug-likeness (QED) is 0.651. The largest absolute Gasteiger partial charge is 0.306 e. The maximum atomic E-state index is 10.6. The van der Waals surface area contributed by atoms with Crippen molar-refractivity contribution in [3.8, 4) is 0 Å². The molecule has 1 aliphatic rings. The molecule has 0 saturated carbocycles. The van der Waals surface area contributed by atoms with E-state index >= 15 is 0 Å². The number of halogens is 1. The van der Waals surface area contributed by atoms with Gasteiger partial charge in [-0.3, -0.25) is 0 Å². The first-order valence-corrected chi connectivity index (χ1v) is 6.56. The van der Waals surface area contributed by atoms with E-state index in [9.17, 15) is 8.42 Å². The molecule has 1 rings (SSSR count).